The number of nitrogens with zero attached hydrogens (tertiary/aromatic N) is 1. The van der Waals surface area contributed by atoms with Crippen LogP contribution in [-0.4, -0.2) is 12.4 Å². The Bertz CT molecular complexity index is 620. The van der Waals surface area contributed by atoms with Crippen molar-refractivity contribution in [1.29, 1.82) is 5.41 Å². The van der Waals surface area contributed by atoms with E-state index in [1.54, 1.807) is 6.07 Å². The molecule has 0 radical (unpaired) electrons. The van der Waals surface area contributed by atoms with Crippen molar-refractivity contribution in [2.24, 2.45) is 5.73 Å². The summed E-state index contributed by atoms with van der Waals surface area (Å²) < 4.78 is 0. The smallest absolute Gasteiger partial charge is 0.126 e. The maximum atomic E-state index is 7.75. The minimum atomic E-state index is -0.0174. The zero-order valence-corrected chi connectivity index (χ0v) is 12.4. The fourth-order valence-electron chi connectivity index (χ4n) is 2.22. The van der Waals surface area contributed by atoms with Crippen LogP contribution in [0.1, 0.15) is 18.1 Å². The summed E-state index contributed by atoms with van der Waals surface area (Å²) in [4.78, 5) is 2.10. The minimum Gasteiger partial charge on any atom is -0.384 e. The molecule has 0 unspecified atom stereocenters. The van der Waals surface area contributed by atoms with Gasteiger partial charge in [0, 0.05) is 12.2 Å². The number of aryl methyl sites for hydroxylation is 1. The first-order chi connectivity index (χ1) is 9.54. The van der Waals surface area contributed by atoms with Crippen LogP contribution in [-0.2, 0) is 0 Å². The highest BCUT2D eigenvalue weighted by Crippen LogP contribution is 2.32. The van der Waals surface area contributed by atoms with Crippen LogP contribution >= 0.6 is 11.6 Å². The first kappa shape index (κ1) is 14.4. The lowest BCUT2D eigenvalue weighted by Crippen LogP contribution is -2.22. The molecule has 3 nitrogen and oxygen atoms in total. The Balaban J connectivity index is 2.55. The molecule has 0 spiro atoms. The third-order valence-electron chi connectivity index (χ3n) is 3.21. The molecule has 20 heavy (non-hydrogen) atoms. The van der Waals surface area contributed by atoms with E-state index in [1.807, 2.05) is 12.1 Å². The maximum absolute atomic E-state index is 7.75. The molecule has 0 atom stereocenters. The van der Waals surface area contributed by atoms with Crippen molar-refractivity contribution in [2.45, 2.75) is 13.8 Å². The highest BCUT2D eigenvalue weighted by atomic mass is 35.5. The quantitative estimate of drug-likeness (QED) is 0.657. The van der Waals surface area contributed by atoms with Gasteiger partial charge in [-0.2, -0.15) is 0 Å². The van der Waals surface area contributed by atoms with Gasteiger partial charge in [0.1, 0.15) is 5.84 Å². The van der Waals surface area contributed by atoms with E-state index < -0.39 is 0 Å². The highest BCUT2D eigenvalue weighted by molar-refractivity contribution is 6.34. The number of rotatable bonds is 4. The molecule has 2 aromatic rings. The van der Waals surface area contributed by atoms with Crippen molar-refractivity contribution >= 4 is 28.8 Å². The van der Waals surface area contributed by atoms with Crippen molar-refractivity contribution in [1.82, 2.24) is 0 Å². The number of hydrogen-bond donors (Lipinski definition) is 2. The second-order valence-corrected chi connectivity index (χ2v) is 5.03. The fourth-order valence-corrected chi connectivity index (χ4v) is 2.49. The van der Waals surface area contributed by atoms with Gasteiger partial charge >= 0.3 is 0 Å². The van der Waals surface area contributed by atoms with Crippen molar-refractivity contribution in [3.8, 4) is 0 Å². The minimum absolute atomic E-state index is 0.0174. The van der Waals surface area contributed by atoms with Crippen LogP contribution in [0, 0.1) is 12.3 Å². The number of nitrogens with two attached hydrogens (primary N) is 1. The molecule has 0 saturated heterocycles. The van der Waals surface area contributed by atoms with Crippen molar-refractivity contribution in [2.75, 3.05) is 11.4 Å². The Morgan fingerprint density at radius 1 is 1.20 bits per heavy atom. The van der Waals surface area contributed by atoms with Gasteiger partial charge in [0.15, 0.2) is 0 Å². The molecule has 3 N–H and O–H groups in total. The molecular formula is C16H18ClN3. The summed E-state index contributed by atoms with van der Waals surface area (Å²) in [6.07, 6.45) is 0. The molecule has 0 aliphatic heterocycles. The normalized spacial score (nSPS) is 10.3. The molecular weight excluding hydrogens is 270 g/mol. The first-order valence-corrected chi connectivity index (χ1v) is 6.89. The summed E-state index contributed by atoms with van der Waals surface area (Å²) in [5, 5.41) is 8.25. The lowest BCUT2D eigenvalue weighted by Gasteiger charge is -2.26. The van der Waals surface area contributed by atoms with Gasteiger partial charge in [-0.3, -0.25) is 5.41 Å². The second kappa shape index (κ2) is 5.97. The van der Waals surface area contributed by atoms with E-state index >= 15 is 0 Å². The van der Waals surface area contributed by atoms with Gasteiger partial charge in [0.25, 0.3) is 0 Å². The average molecular weight is 288 g/mol. The van der Waals surface area contributed by atoms with Gasteiger partial charge in [-0.1, -0.05) is 35.4 Å². The van der Waals surface area contributed by atoms with Crippen LogP contribution in [0.15, 0.2) is 42.5 Å². The van der Waals surface area contributed by atoms with Crippen LogP contribution in [0.2, 0.25) is 5.02 Å². The molecule has 2 aromatic carbocycles. The Morgan fingerprint density at radius 3 is 2.40 bits per heavy atom. The molecule has 0 fully saturated rings. The van der Waals surface area contributed by atoms with E-state index in [0.717, 1.165) is 17.9 Å². The van der Waals surface area contributed by atoms with Gasteiger partial charge in [-0.25, -0.2) is 0 Å². The standard InChI is InChI=1S/C16H18ClN3/c1-3-20(12-9-7-11(2)8-10-12)14-6-4-5-13(17)15(14)16(18)19/h4-10H,3H2,1-2H3,(H3,18,19). The molecule has 0 saturated carbocycles. The van der Waals surface area contributed by atoms with Crippen molar-refractivity contribution in [3.05, 3.63) is 58.6 Å². The Morgan fingerprint density at radius 2 is 1.85 bits per heavy atom. The van der Waals surface area contributed by atoms with E-state index in [0.29, 0.717) is 10.6 Å². The van der Waals surface area contributed by atoms with Crippen LogP contribution in [0.5, 0.6) is 0 Å². The van der Waals surface area contributed by atoms with E-state index in [2.05, 4.69) is 43.0 Å². The summed E-state index contributed by atoms with van der Waals surface area (Å²) in [6, 6.07) is 13.8. The Hall–Kier alpha value is -2.00. The topological polar surface area (TPSA) is 53.1 Å². The number of nitrogens with one attached hydrogen (secondary N) is 1. The van der Waals surface area contributed by atoms with Crippen molar-refractivity contribution < 1.29 is 0 Å². The third-order valence-corrected chi connectivity index (χ3v) is 3.53. The molecule has 104 valence electrons. The lowest BCUT2D eigenvalue weighted by atomic mass is 10.1. The molecule has 0 bridgehead atoms. The number of anilines is 2. The zero-order valence-electron chi connectivity index (χ0n) is 11.7. The lowest BCUT2D eigenvalue weighted by molar-refractivity contribution is 1.02. The van der Waals surface area contributed by atoms with Crippen molar-refractivity contribution in [3.63, 3.8) is 0 Å². The monoisotopic (exact) mass is 287 g/mol. The van der Waals surface area contributed by atoms with E-state index in [-0.39, 0.29) is 5.84 Å². The summed E-state index contributed by atoms with van der Waals surface area (Å²) in [6.45, 7) is 4.88. The van der Waals surface area contributed by atoms with E-state index in [1.165, 1.54) is 5.56 Å². The van der Waals surface area contributed by atoms with Crippen LogP contribution in [0.25, 0.3) is 0 Å². The molecule has 0 aliphatic carbocycles. The van der Waals surface area contributed by atoms with Crippen LogP contribution < -0.4 is 10.6 Å². The predicted octanol–water partition coefficient (Wildman–Crippen LogP) is 4.09. The van der Waals surface area contributed by atoms with Gasteiger partial charge < -0.3 is 10.6 Å². The summed E-state index contributed by atoms with van der Waals surface area (Å²) in [5.41, 5.74) is 9.39. The third kappa shape index (κ3) is 2.78. The molecule has 0 aromatic heterocycles. The summed E-state index contributed by atoms with van der Waals surface area (Å²) in [7, 11) is 0. The molecule has 0 aliphatic rings. The zero-order chi connectivity index (χ0) is 14.7. The fraction of sp³-hybridized carbons (Fsp3) is 0.188. The predicted molar refractivity (Wildman–Crippen MR) is 86.3 cm³/mol. The average Bonchev–Trinajstić information content (AvgIpc) is 2.41. The number of amidine groups is 1. The largest absolute Gasteiger partial charge is 0.384 e. The van der Waals surface area contributed by atoms with E-state index in [4.69, 9.17) is 22.7 Å². The number of hydrogen-bond acceptors (Lipinski definition) is 2. The number of halogens is 1. The Labute approximate surface area is 124 Å². The number of benzene rings is 2. The maximum Gasteiger partial charge on any atom is 0.126 e. The van der Waals surface area contributed by atoms with Crippen LogP contribution in [0.3, 0.4) is 0 Å². The van der Waals surface area contributed by atoms with Crippen LogP contribution in [0.4, 0.5) is 11.4 Å². The summed E-state index contributed by atoms with van der Waals surface area (Å²) >= 11 is 6.19. The Kier molecular flexibility index (Phi) is 4.30. The molecule has 2 rings (SSSR count). The van der Waals surface area contributed by atoms with Gasteiger partial charge in [0.05, 0.1) is 16.3 Å². The summed E-state index contributed by atoms with van der Waals surface area (Å²) in [5.74, 6) is -0.0174. The highest BCUT2D eigenvalue weighted by Gasteiger charge is 2.16. The van der Waals surface area contributed by atoms with E-state index in [9.17, 15) is 0 Å². The molecule has 0 heterocycles. The van der Waals surface area contributed by atoms with Gasteiger partial charge in [-0.15, -0.1) is 0 Å². The molecule has 0 amide bonds. The number of nitrogen functional groups attached to an aromatic ring is 1. The second-order valence-electron chi connectivity index (χ2n) is 4.63. The first-order valence-electron chi connectivity index (χ1n) is 6.51. The SMILES string of the molecule is CCN(c1ccc(C)cc1)c1cccc(Cl)c1C(=N)N. The molecule has 4 heteroatoms. The van der Waals surface area contributed by atoms with Gasteiger partial charge in [-0.05, 0) is 38.1 Å². The van der Waals surface area contributed by atoms with Gasteiger partial charge in [0.2, 0.25) is 0 Å².